The minimum atomic E-state index is -1.57. The molecular formula is C12H11BClNO3. The highest BCUT2D eigenvalue weighted by Gasteiger charge is 2.14. The molecule has 2 N–H and O–H groups in total. The van der Waals surface area contributed by atoms with Gasteiger partial charge in [-0.1, -0.05) is 23.7 Å². The average Bonchev–Trinajstić information content (AvgIpc) is 2.38. The third-order valence-electron chi connectivity index (χ3n) is 2.50. The molecule has 0 aliphatic rings. The topological polar surface area (TPSA) is 62.6 Å². The lowest BCUT2D eigenvalue weighted by atomic mass is 9.81. The molecule has 0 radical (unpaired) electrons. The van der Waals surface area contributed by atoms with Gasteiger partial charge >= 0.3 is 7.12 Å². The Morgan fingerprint density at radius 2 is 2.06 bits per heavy atom. The normalized spacial score (nSPS) is 10.2. The van der Waals surface area contributed by atoms with Crippen LogP contribution >= 0.6 is 11.6 Å². The highest BCUT2D eigenvalue weighted by molar-refractivity contribution is 6.59. The zero-order valence-corrected chi connectivity index (χ0v) is 10.4. The zero-order valence-electron chi connectivity index (χ0n) is 9.67. The van der Waals surface area contributed by atoms with Crippen LogP contribution in [0.1, 0.15) is 0 Å². The first kappa shape index (κ1) is 12.9. The minimum Gasteiger partial charge on any atom is -0.497 e. The largest absolute Gasteiger partial charge is 0.497 e. The number of aromatic nitrogens is 1. The van der Waals surface area contributed by atoms with E-state index in [1.54, 1.807) is 7.11 Å². The summed E-state index contributed by atoms with van der Waals surface area (Å²) in [6.07, 6.45) is 1.38. The van der Waals surface area contributed by atoms with Gasteiger partial charge in [-0.2, -0.15) is 0 Å². The van der Waals surface area contributed by atoms with Crippen molar-refractivity contribution in [1.29, 1.82) is 0 Å². The number of pyridine rings is 1. The van der Waals surface area contributed by atoms with Crippen molar-refractivity contribution in [3.63, 3.8) is 0 Å². The van der Waals surface area contributed by atoms with E-state index in [-0.39, 0.29) is 5.46 Å². The maximum absolute atomic E-state index is 9.03. The third-order valence-corrected chi connectivity index (χ3v) is 2.79. The van der Waals surface area contributed by atoms with Gasteiger partial charge in [-0.3, -0.25) is 4.98 Å². The summed E-state index contributed by atoms with van der Waals surface area (Å²) < 4.78 is 5.13. The van der Waals surface area contributed by atoms with Crippen molar-refractivity contribution in [3.05, 3.63) is 41.6 Å². The molecule has 6 heteroatoms. The first-order valence-corrected chi connectivity index (χ1v) is 5.65. The summed E-state index contributed by atoms with van der Waals surface area (Å²) in [5, 5.41) is 18.4. The number of hydrogen-bond acceptors (Lipinski definition) is 4. The lowest BCUT2D eigenvalue weighted by Crippen LogP contribution is -2.30. The molecule has 0 saturated heterocycles. The van der Waals surface area contributed by atoms with E-state index in [9.17, 15) is 0 Å². The Labute approximate surface area is 110 Å². The van der Waals surface area contributed by atoms with Crippen LogP contribution in [0.5, 0.6) is 5.75 Å². The summed E-state index contributed by atoms with van der Waals surface area (Å²) in [4.78, 5) is 4.14. The van der Waals surface area contributed by atoms with Gasteiger partial charge in [-0.25, -0.2) is 0 Å². The first-order chi connectivity index (χ1) is 8.61. The number of hydrogen-bond donors (Lipinski definition) is 2. The van der Waals surface area contributed by atoms with Crippen LogP contribution in [-0.4, -0.2) is 29.3 Å². The molecule has 4 nitrogen and oxygen atoms in total. The Bertz CT molecular complexity index is 563. The number of ether oxygens (including phenoxy) is 1. The van der Waals surface area contributed by atoms with Gasteiger partial charge in [0, 0.05) is 17.2 Å². The summed E-state index contributed by atoms with van der Waals surface area (Å²) >= 11 is 6.08. The predicted octanol–water partition coefficient (Wildman–Crippen LogP) is 1.09. The fraction of sp³-hybridized carbons (Fsp3) is 0.0833. The summed E-state index contributed by atoms with van der Waals surface area (Å²) in [6, 6.07) is 8.80. The van der Waals surface area contributed by atoms with E-state index in [0.29, 0.717) is 16.5 Å². The fourth-order valence-corrected chi connectivity index (χ4v) is 1.86. The summed E-state index contributed by atoms with van der Waals surface area (Å²) in [5.74, 6) is 0.705. The summed E-state index contributed by atoms with van der Waals surface area (Å²) in [7, 11) is 0.00804. The van der Waals surface area contributed by atoms with Gasteiger partial charge in [-0.05, 0) is 18.2 Å². The highest BCUT2D eigenvalue weighted by Crippen LogP contribution is 2.27. The quantitative estimate of drug-likeness (QED) is 0.814. The molecule has 1 aromatic carbocycles. The molecule has 0 saturated carbocycles. The van der Waals surface area contributed by atoms with Crippen LogP contribution in [0, 0.1) is 0 Å². The van der Waals surface area contributed by atoms with Crippen LogP contribution in [0.2, 0.25) is 5.02 Å². The van der Waals surface area contributed by atoms with Gasteiger partial charge < -0.3 is 14.8 Å². The molecule has 1 aromatic heterocycles. The number of benzene rings is 1. The Morgan fingerprint density at radius 3 is 2.67 bits per heavy atom. The summed E-state index contributed by atoms with van der Waals surface area (Å²) in [5.41, 5.74) is 1.63. The number of halogens is 1. The van der Waals surface area contributed by atoms with E-state index in [2.05, 4.69) is 4.98 Å². The van der Waals surface area contributed by atoms with Crippen LogP contribution in [0.3, 0.4) is 0 Å². The molecule has 0 spiro atoms. The molecule has 0 aliphatic carbocycles. The van der Waals surface area contributed by atoms with Crippen molar-refractivity contribution in [2.75, 3.05) is 7.11 Å². The van der Waals surface area contributed by atoms with E-state index in [0.717, 1.165) is 5.56 Å². The van der Waals surface area contributed by atoms with Crippen molar-refractivity contribution < 1.29 is 14.8 Å². The second-order valence-corrected chi connectivity index (χ2v) is 4.11. The SMILES string of the molecule is COc1cccc(-c2ncc(B(O)O)cc2Cl)c1. The van der Waals surface area contributed by atoms with Gasteiger partial charge in [0.15, 0.2) is 0 Å². The number of nitrogens with zero attached hydrogens (tertiary/aromatic N) is 1. The number of methoxy groups -OCH3 is 1. The standard InChI is InChI=1S/C12H11BClNO3/c1-18-10-4-2-3-8(5-10)12-11(14)6-9(7-15-12)13(16)17/h2-7,16-17H,1H3. The summed E-state index contributed by atoms with van der Waals surface area (Å²) in [6.45, 7) is 0. The van der Waals surface area contributed by atoms with Crippen LogP contribution in [0.15, 0.2) is 36.5 Å². The molecule has 18 heavy (non-hydrogen) atoms. The van der Waals surface area contributed by atoms with E-state index < -0.39 is 7.12 Å². The van der Waals surface area contributed by atoms with Crippen molar-refractivity contribution in [2.24, 2.45) is 0 Å². The Balaban J connectivity index is 2.44. The average molecular weight is 263 g/mol. The van der Waals surface area contributed by atoms with E-state index in [1.165, 1.54) is 12.3 Å². The monoisotopic (exact) mass is 263 g/mol. The van der Waals surface area contributed by atoms with Crippen molar-refractivity contribution in [1.82, 2.24) is 4.98 Å². The van der Waals surface area contributed by atoms with E-state index in [4.69, 9.17) is 26.4 Å². The lowest BCUT2D eigenvalue weighted by molar-refractivity contribution is 0.415. The molecule has 0 bridgehead atoms. The van der Waals surface area contributed by atoms with Crippen molar-refractivity contribution in [3.8, 4) is 17.0 Å². The highest BCUT2D eigenvalue weighted by atomic mass is 35.5. The van der Waals surface area contributed by atoms with Crippen LogP contribution < -0.4 is 10.2 Å². The van der Waals surface area contributed by atoms with Gasteiger partial charge in [0.1, 0.15) is 5.75 Å². The second-order valence-electron chi connectivity index (χ2n) is 3.70. The maximum atomic E-state index is 9.03. The third kappa shape index (κ3) is 2.64. The predicted molar refractivity (Wildman–Crippen MR) is 71.1 cm³/mol. The fourth-order valence-electron chi connectivity index (χ4n) is 1.58. The Morgan fingerprint density at radius 1 is 1.28 bits per heavy atom. The van der Waals surface area contributed by atoms with Gasteiger partial charge in [0.25, 0.3) is 0 Å². The molecule has 0 aliphatic heterocycles. The Kier molecular flexibility index (Phi) is 3.86. The van der Waals surface area contributed by atoms with Crippen LogP contribution in [0.25, 0.3) is 11.3 Å². The van der Waals surface area contributed by atoms with Crippen molar-refractivity contribution in [2.45, 2.75) is 0 Å². The first-order valence-electron chi connectivity index (χ1n) is 5.28. The van der Waals surface area contributed by atoms with Gasteiger partial charge in [0.2, 0.25) is 0 Å². The smallest absolute Gasteiger partial charge is 0.490 e. The minimum absolute atomic E-state index is 0.256. The maximum Gasteiger partial charge on any atom is 0.490 e. The molecular weight excluding hydrogens is 252 g/mol. The van der Waals surface area contributed by atoms with Crippen molar-refractivity contribution >= 4 is 24.2 Å². The molecule has 0 fully saturated rings. The molecule has 2 rings (SSSR count). The lowest BCUT2D eigenvalue weighted by Gasteiger charge is -2.07. The molecule has 92 valence electrons. The molecule has 0 amide bonds. The molecule has 0 unspecified atom stereocenters. The number of rotatable bonds is 3. The zero-order chi connectivity index (χ0) is 13.1. The molecule has 0 atom stereocenters. The van der Waals surface area contributed by atoms with Crippen LogP contribution in [-0.2, 0) is 0 Å². The Hall–Kier alpha value is -1.56. The molecule has 2 aromatic rings. The van der Waals surface area contributed by atoms with E-state index in [1.807, 2.05) is 24.3 Å². The second kappa shape index (κ2) is 5.39. The van der Waals surface area contributed by atoms with Gasteiger partial charge in [0.05, 0.1) is 17.8 Å². The van der Waals surface area contributed by atoms with Crippen LogP contribution in [0.4, 0.5) is 0 Å². The molecule has 1 heterocycles. The van der Waals surface area contributed by atoms with E-state index >= 15 is 0 Å². The van der Waals surface area contributed by atoms with Gasteiger partial charge in [-0.15, -0.1) is 0 Å².